The molecule has 0 aliphatic heterocycles. The van der Waals surface area contributed by atoms with Crippen LogP contribution in [0.3, 0.4) is 0 Å². The molecule has 1 aromatic heterocycles. The average Bonchev–Trinajstić information content (AvgIpc) is 2.31. The molecule has 0 bridgehead atoms. The number of benzene rings is 1. The van der Waals surface area contributed by atoms with Gasteiger partial charge in [0.25, 0.3) is 5.56 Å². The van der Waals surface area contributed by atoms with E-state index in [0.717, 1.165) is 3.57 Å². The monoisotopic (exact) mass is 342 g/mol. The van der Waals surface area contributed by atoms with Crippen molar-refractivity contribution in [3.8, 4) is 11.6 Å². The molecule has 88 valence electrons. The van der Waals surface area contributed by atoms with Crippen LogP contribution in [0.5, 0.6) is 11.6 Å². The molecular formula is C12H11IN2O2. The van der Waals surface area contributed by atoms with Crippen molar-refractivity contribution in [2.75, 3.05) is 0 Å². The number of H-pyrrole nitrogens is 1. The van der Waals surface area contributed by atoms with Crippen molar-refractivity contribution >= 4 is 22.6 Å². The topological polar surface area (TPSA) is 55.0 Å². The van der Waals surface area contributed by atoms with E-state index in [2.05, 4.69) is 32.6 Å². The van der Waals surface area contributed by atoms with Gasteiger partial charge in [-0.15, -0.1) is 0 Å². The molecule has 17 heavy (non-hydrogen) atoms. The number of nitrogens with zero attached hydrogens (tertiary/aromatic N) is 1. The quantitative estimate of drug-likeness (QED) is 0.873. The Morgan fingerprint density at radius 2 is 2.18 bits per heavy atom. The summed E-state index contributed by atoms with van der Waals surface area (Å²) in [5, 5.41) is 0. The molecule has 2 rings (SSSR count). The second-order valence-corrected chi connectivity index (χ2v) is 4.58. The van der Waals surface area contributed by atoms with Gasteiger partial charge in [-0.1, -0.05) is 19.1 Å². The van der Waals surface area contributed by atoms with Crippen molar-refractivity contribution in [2.45, 2.75) is 13.3 Å². The number of rotatable bonds is 3. The van der Waals surface area contributed by atoms with Crippen molar-refractivity contribution in [2.24, 2.45) is 0 Å². The Morgan fingerprint density at radius 1 is 1.41 bits per heavy atom. The van der Waals surface area contributed by atoms with Gasteiger partial charge in [0.1, 0.15) is 11.6 Å². The largest absolute Gasteiger partial charge is 0.438 e. The molecule has 0 aliphatic rings. The minimum Gasteiger partial charge on any atom is -0.438 e. The van der Waals surface area contributed by atoms with Crippen LogP contribution in [0.2, 0.25) is 0 Å². The van der Waals surface area contributed by atoms with Gasteiger partial charge in [-0.3, -0.25) is 4.79 Å². The highest BCUT2D eigenvalue weighted by molar-refractivity contribution is 14.1. The second-order valence-electron chi connectivity index (χ2n) is 3.42. The fraction of sp³-hybridized carbons (Fsp3) is 0.167. The van der Waals surface area contributed by atoms with Gasteiger partial charge >= 0.3 is 0 Å². The molecule has 0 saturated carbocycles. The molecule has 1 heterocycles. The maximum atomic E-state index is 11.4. The summed E-state index contributed by atoms with van der Waals surface area (Å²) in [7, 11) is 0. The van der Waals surface area contributed by atoms with Gasteiger partial charge in [-0.2, -0.15) is 4.98 Å². The molecule has 5 heteroatoms. The summed E-state index contributed by atoms with van der Waals surface area (Å²) in [5.74, 6) is 1.65. The minimum absolute atomic E-state index is 0.196. The molecular weight excluding hydrogens is 331 g/mol. The molecule has 0 radical (unpaired) electrons. The number of hydrogen-bond donors (Lipinski definition) is 1. The molecule has 0 unspecified atom stereocenters. The van der Waals surface area contributed by atoms with E-state index in [1.807, 2.05) is 31.2 Å². The number of ether oxygens (including phenoxy) is 1. The number of hydrogen-bond acceptors (Lipinski definition) is 3. The standard InChI is InChI=1S/C12H11IN2O2/c1-2-10-14-11(16)7-12(15-10)17-9-6-4-3-5-8(9)13/h3-7H,2H2,1H3,(H,14,15,16). The van der Waals surface area contributed by atoms with Crippen LogP contribution < -0.4 is 10.3 Å². The predicted molar refractivity (Wildman–Crippen MR) is 73.5 cm³/mol. The lowest BCUT2D eigenvalue weighted by molar-refractivity contribution is 0.454. The molecule has 0 amide bonds. The van der Waals surface area contributed by atoms with E-state index in [9.17, 15) is 4.79 Å². The zero-order valence-corrected chi connectivity index (χ0v) is 11.4. The first-order valence-electron chi connectivity index (χ1n) is 5.21. The predicted octanol–water partition coefficient (Wildman–Crippen LogP) is 2.73. The van der Waals surface area contributed by atoms with Crippen LogP contribution in [0.4, 0.5) is 0 Å². The summed E-state index contributed by atoms with van der Waals surface area (Å²) < 4.78 is 6.57. The summed E-state index contributed by atoms with van der Waals surface area (Å²) in [4.78, 5) is 18.2. The van der Waals surface area contributed by atoms with Gasteiger partial charge in [-0.25, -0.2) is 0 Å². The van der Waals surface area contributed by atoms with Gasteiger partial charge in [0.15, 0.2) is 0 Å². The van der Waals surface area contributed by atoms with E-state index in [1.165, 1.54) is 6.07 Å². The minimum atomic E-state index is -0.196. The molecule has 0 aliphatic carbocycles. The Morgan fingerprint density at radius 3 is 2.88 bits per heavy atom. The van der Waals surface area contributed by atoms with E-state index in [0.29, 0.717) is 23.9 Å². The first-order chi connectivity index (χ1) is 8.19. The van der Waals surface area contributed by atoms with Crippen LogP contribution in [-0.2, 0) is 6.42 Å². The lowest BCUT2D eigenvalue weighted by Crippen LogP contribution is -2.10. The first kappa shape index (κ1) is 12.1. The van der Waals surface area contributed by atoms with Crippen molar-refractivity contribution in [3.63, 3.8) is 0 Å². The maximum absolute atomic E-state index is 11.4. The van der Waals surface area contributed by atoms with Crippen molar-refractivity contribution in [3.05, 3.63) is 50.1 Å². The van der Waals surface area contributed by atoms with Crippen molar-refractivity contribution in [1.82, 2.24) is 9.97 Å². The van der Waals surface area contributed by atoms with Crippen LogP contribution in [-0.4, -0.2) is 9.97 Å². The number of para-hydroxylation sites is 1. The molecule has 0 saturated heterocycles. The maximum Gasteiger partial charge on any atom is 0.254 e. The van der Waals surface area contributed by atoms with Crippen LogP contribution in [0.15, 0.2) is 35.1 Å². The molecule has 1 N–H and O–H groups in total. The third-order valence-electron chi connectivity index (χ3n) is 2.15. The summed E-state index contributed by atoms with van der Waals surface area (Å²) >= 11 is 2.18. The third kappa shape index (κ3) is 3.06. The number of aromatic amines is 1. The fourth-order valence-corrected chi connectivity index (χ4v) is 1.84. The zero-order valence-electron chi connectivity index (χ0n) is 9.24. The highest BCUT2D eigenvalue weighted by Crippen LogP contribution is 2.24. The van der Waals surface area contributed by atoms with Crippen LogP contribution in [0, 0.1) is 3.57 Å². The van der Waals surface area contributed by atoms with E-state index in [-0.39, 0.29) is 5.56 Å². The number of nitrogens with one attached hydrogen (secondary N) is 1. The highest BCUT2D eigenvalue weighted by Gasteiger charge is 2.05. The smallest absolute Gasteiger partial charge is 0.254 e. The SMILES string of the molecule is CCc1nc(Oc2ccccc2I)cc(=O)[nH]1. The first-order valence-corrected chi connectivity index (χ1v) is 6.29. The second kappa shape index (κ2) is 5.31. The van der Waals surface area contributed by atoms with Crippen LogP contribution in [0.25, 0.3) is 0 Å². The highest BCUT2D eigenvalue weighted by atomic mass is 127. The Bertz CT molecular complexity index is 581. The van der Waals surface area contributed by atoms with E-state index >= 15 is 0 Å². The molecule has 0 fully saturated rings. The van der Waals surface area contributed by atoms with Crippen molar-refractivity contribution in [1.29, 1.82) is 0 Å². The van der Waals surface area contributed by atoms with E-state index in [1.54, 1.807) is 0 Å². The van der Waals surface area contributed by atoms with Gasteiger partial charge in [0.05, 0.1) is 9.64 Å². The number of aryl methyl sites for hydroxylation is 1. The van der Waals surface area contributed by atoms with Gasteiger partial charge in [0.2, 0.25) is 5.88 Å². The van der Waals surface area contributed by atoms with Crippen molar-refractivity contribution < 1.29 is 4.74 Å². The molecule has 0 atom stereocenters. The lowest BCUT2D eigenvalue weighted by atomic mass is 10.3. The molecule has 0 spiro atoms. The Labute approximate surface area is 112 Å². The fourth-order valence-electron chi connectivity index (χ4n) is 1.34. The molecule has 2 aromatic rings. The van der Waals surface area contributed by atoms with Gasteiger partial charge in [0, 0.05) is 6.42 Å². The zero-order chi connectivity index (χ0) is 12.3. The summed E-state index contributed by atoms with van der Waals surface area (Å²) in [6.07, 6.45) is 0.665. The molecule has 1 aromatic carbocycles. The summed E-state index contributed by atoms with van der Waals surface area (Å²) in [6, 6.07) is 8.94. The Kier molecular flexibility index (Phi) is 3.78. The van der Waals surface area contributed by atoms with E-state index < -0.39 is 0 Å². The van der Waals surface area contributed by atoms with Crippen LogP contribution >= 0.6 is 22.6 Å². The average molecular weight is 342 g/mol. The summed E-state index contributed by atoms with van der Waals surface area (Å²) in [5.41, 5.74) is -0.196. The van der Waals surface area contributed by atoms with Gasteiger partial charge in [-0.05, 0) is 34.7 Å². The van der Waals surface area contributed by atoms with Gasteiger partial charge < -0.3 is 9.72 Å². The van der Waals surface area contributed by atoms with E-state index in [4.69, 9.17) is 4.74 Å². The normalized spacial score (nSPS) is 10.2. The summed E-state index contributed by atoms with van der Waals surface area (Å²) in [6.45, 7) is 1.92. The third-order valence-corrected chi connectivity index (χ3v) is 3.04. The number of aromatic nitrogens is 2. The van der Waals surface area contributed by atoms with Crippen LogP contribution in [0.1, 0.15) is 12.7 Å². The lowest BCUT2D eigenvalue weighted by Gasteiger charge is -2.06. The molecule has 4 nitrogen and oxygen atoms in total. The Hall–Kier alpha value is -1.37. The number of halogens is 1. The Balaban J connectivity index is 2.33.